The SMILES string of the molecule is COC(=O)CCCNC(=S)Nc1ccc(OC)c(S(=O)(=O)N(C)C)c1. The molecule has 140 valence electrons. The third-order valence-electron chi connectivity index (χ3n) is 3.25. The molecule has 0 heterocycles. The Morgan fingerprint density at radius 3 is 2.52 bits per heavy atom. The molecule has 0 saturated heterocycles. The molecule has 10 heteroatoms. The van der Waals surface area contributed by atoms with E-state index in [1.807, 2.05) is 0 Å². The first kappa shape index (κ1) is 21.1. The molecule has 0 fully saturated rings. The lowest BCUT2D eigenvalue weighted by Gasteiger charge is -2.16. The minimum absolute atomic E-state index is 0.0403. The van der Waals surface area contributed by atoms with Gasteiger partial charge in [0.05, 0.1) is 14.2 Å². The first-order chi connectivity index (χ1) is 11.7. The Labute approximate surface area is 153 Å². The summed E-state index contributed by atoms with van der Waals surface area (Å²) in [6, 6.07) is 4.67. The van der Waals surface area contributed by atoms with Crippen molar-refractivity contribution in [1.82, 2.24) is 9.62 Å². The third kappa shape index (κ3) is 6.15. The van der Waals surface area contributed by atoms with Crippen molar-refractivity contribution in [1.29, 1.82) is 0 Å². The lowest BCUT2D eigenvalue weighted by molar-refractivity contribution is -0.140. The summed E-state index contributed by atoms with van der Waals surface area (Å²) in [6.45, 7) is 0.486. The Morgan fingerprint density at radius 2 is 1.96 bits per heavy atom. The van der Waals surface area contributed by atoms with Crippen molar-refractivity contribution in [2.24, 2.45) is 0 Å². The van der Waals surface area contributed by atoms with Crippen LogP contribution in [0.1, 0.15) is 12.8 Å². The second kappa shape index (κ2) is 9.54. The van der Waals surface area contributed by atoms with Gasteiger partial charge in [0.25, 0.3) is 0 Å². The van der Waals surface area contributed by atoms with E-state index in [2.05, 4.69) is 15.4 Å². The number of hydrogen-bond donors (Lipinski definition) is 2. The van der Waals surface area contributed by atoms with Gasteiger partial charge < -0.3 is 20.1 Å². The summed E-state index contributed by atoms with van der Waals surface area (Å²) in [4.78, 5) is 11.1. The largest absolute Gasteiger partial charge is 0.495 e. The maximum atomic E-state index is 12.4. The highest BCUT2D eigenvalue weighted by Crippen LogP contribution is 2.28. The molecule has 0 radical (unpaired) electrons. The van der Waals surface area contributed by atoms with Crippen LogP contribution >= 0.6 is 12.2 Å². The van der Waals surface area contributed by atoms with Crippen molar-refractivity contribution in [3.8, 4) is 5.75 Å². The summed E-state index contributed by atoms with van der Waals surface area (Å²) in [5.74, 6) is -0.0365. The lowest BCUT2D eigenvalue weighted by Crippen LogP contribution is -2.29. The highest BCUT2D eigenvalue weighted by Gasteiger charge is 2.22. The monoisotopic (exact) mass is 389 g/mol. The number of nitrogens with zero attached hydrogens (tertiary/aromatic N) is 1. The molecule has 1 aromatic rings. The molecule has 0 aliphatic carbocycles. The van der Waals surface area contributed by atoms with Crippen molar-refractivity contribution in [3.63, 3.8) is 0 Å². The number of benzene rings is 1. The Hall–Kier alpha value is -1.91. The van der Waals surface area contributed by atoms with Crippen LogP contribution in [0.15, 0.2) is 23.1 Å². The van der Waals surface area contributed by atoms with Gasteiger partial charge in [-0.05, 0) is 36.8 Å². The summed E-state index contributed by atoms with van der Waals surface area (Å²) in [5, 5.41) is 6.18. The fourth-order valence-corrected chi connectivity index (χ4v) is 3.16. The summed E-state index contributed by atoms with van der Waals surface area (Å²) in [7, 11) is 1.98. The van der Waals surface area contributed by atoms with Crippen molar-refractivity contribution < 1.29 is 22.7 Å². The van der Waals surface area contributed by atoms with Gasteiger partial charge in [-0.25, -0.2) is 12.7 Å². The molecular weight excluding hydrogens is 366 g/mol. The van der Waals surface area contributed by atoms with Crippen molar-refractivity contribution in [3.05, 3.63) is 18.2 Å². The second-order valence-electron chi connectivity index (χ2n) is 5.21. The number of ether oxygens (including phenoxy) is 2. The van der Waals surface area contributed by atoms with Crippen LogP contribution in [-0.4, -0.2) is 58.7 Å². The molecule has 25 heavy (non-hydrogen) atoms. The van der Waals surface area contributed by atoms with E-state index >= 15 is 0 Å². The maximum absolute atomic E-state index is 12.4. The molecule has 1 rings (SSSR count). The molecular formula is C15H23N3O5S2. The number of sulfonamides is 1. The smallest absolute Gasteiger partial charge is 0.305 e. The Bertz CT molecular complexity index is 720. The van der Waals surface area contributed by atoms with E-state index in [0.29, 0.717) is 30.2 Å². The number of thiocarbonyl (C=S) groups is 1. The molecule has 1 aromatic carbocycles. The summed E-state index contributed by atoms with van der Waals surface area (Å²) in [6.07, 6.45) is 0.858. The molecule has 8 nitrogen and oxygen atoms in total. The molecule has 0 saturated carbocycles. The van der Waals surface area contributed by atoms with Crippen LogP contribution in [-0.2, 0) is 19.6 Å². The summed E-state index contributed by atoms with van der Waals surface area (Å²) >= 11 is 5.16. The van der Waals surface area contributed by atoms with E-state index in [4.69, 9.17) is 17.0 Å². The van der Waals surface area contributed by atoms with Crippen LogP contribution in [0.4, 0.5) is 5.69 Å². The molecule has 0 spiro atoms. The van der Waals surface area contributed by atoms with Gasteiger partial charge in [-0.15, -0.1) is 0 Å². The number of carbonyl (C=O) groups is 1. The Balaban J connectivity index is 2.77. The van der Waals surface area contributed by atoms with Crippen LogP contribution in [0, 0.1) is 0 Å². The van der Waals surface area contributed by atoms with Gasteiger partial charge in [0.15, 0.2) is 5.11 Å². The van der Waals surface area contributed by atoms with Crippen LogP contribution < -0.4 is 15.4 Å². The predicted molar refractivity (Wildman–Crippen MR) is 99.3 cm³/mol. The van der Waals surface area contributed by atoms with Crippen molar-refractivity contribution in [2.75, 3.05) is 40.2 Å². The third-order valence-corrected chi connectivity index (χ3v) is 5.33. The van der Waals surface area contributed by atoms with Gasteiger partial charge in [0.1, 0.15) is 10.6 Å². The Kier molecular flexibility index (Phi) is 8.07. The summed E-state index contributed by atoms with van der Waals surface area (Å²) in [5.41, 5.74) is 0.506. The average molecular weight is 389 g/mol. The highest BCUT2D eigenvalue weighted by atomic mass is 32.2. The van der Waals surface area contributed by atoms with Gasteiger partial charge in [0.2, 0.25) is 10.0 Å². The van der Waals surface area contributed by atoms with E-state index in [1.165, 1.54) is 34.4 Å². The van der Waals surface area contributed by atoms with Crippen molar-refractivity contribution >= 4 is 39.0 Å². The number of carbonyl (C=O) groups excluding carboxylic acids is 1. The van der Waals surface area contributed by atoms with Crippen LogP contribution in [0.25, 0.3) is 0 Å². The normalized spacial score (nSPS) is 11.1. The minimum atomic E-state index is -3.66. The fourth-order valence-electron chi connectivity index (χ4n) is 1.86. The molecule has 2 N–H and O–H groups in total. The number of nitrogens with one attached hydrogen (secondary N) is 2. The minimum Gasteiger partial charge on any atom is -0.495 e. The van der Waals surface area contributed by atoms with Gasteiger partial charge in [0, 0.05) is 32.7 Å². The van der Waals surface area contributed by atoms with Crippen molar-refractivity contribution in [2.45, 2.75) is 17.7 Å². The zero-order chi connectivity index (χ0) is 19.0. The molecule has 0 aromatic heterocycles. The second-order valence-corrected chi connectivity index (χ2v) is 7.74. The zero-order valence-corrected chi connectivity index (χ0v) is 16.3. The average Bonchev–Trinajstić information content (AvgIpc) is 2.58. The maximum Gasteiger partial charge on any atom is 0.305 e. The number of esters is 1. The van der Waals surface area contributed by atoms with E-state index in [0.717, 1.165) is 4.31 Å². The topological polar surface area (TPSA) is 97.0 Å². The van der Waals surface area contributed by atoms with Crippen LogP contribution in [0.5, 0.6) is 5.75 Å². The van der Waals surface area contributed by atoms with Gasteiger partial charge in [-0.3, -0.25) is 4.79 Å². The summed E-state index contributed by atoms with van der Waals surface area (Å²) < 4.78 is 35.5. The highest BCUT2D eigenvalue weighted by molar-refractivity contribution is 7.89. The number of methoxy groups -OCH3 is 2. The lowest BCUT2D eigenvalue weighted by atomic mass is 10.3. The standard InChI is InChI=1S/C15H23N3O5S2/c1-18(2)25(20,21)13-10-11(7-8-12(13)22-3)17-15(24)16-9-5-6-14(19)23-4/h7-8,10H,5-6,9H2,1-4H3,(H2,16,17,24). The van der Waals surface area contributed by atoms with Gasteiger partial charge in [-0.2, -0.15) is 0 Å². The van der Waals surface area contributed by atoms with E-state index in [9.17, 15) is 13.2 Å². The van der Waals surface area contributed by atoms with E-state index in [-0.39, 0.29) is 16.6 Å². The number of anilines is 1. The quantitative estimate of drug-likeness (QED) is 0.389. The molecule has 0 unspecified atom stereocenters. The first-order valence-corrected chi connectivity index (χ1v) is 9.29. The molecule has 0 aliphatic heterocycles. The van der Waals surface area contributed by atoms with Gasteiger partial charge in [-0.1, -0.05) is 0 Å². The van der Waals surface area contributed by atoms with E-state index in [1.54, 1.807) is 12.1 Å². The van der Waals surface area contributed by atoms with Gasteiger partial charge >= 0.3 is 5.97 Å². The fraction of sp³-hybridized carbons (Fsp3) is 0.467. The zero-order valence-electron chi connectivity index (χ0n) is 14.7. The Morgan fingerprint density at radius 1 is 1.28 bits per heavy atom. The molecule has 0 bridgehead atoms. The molecule has 0 atom stereocenters. The number of rotatable bonds is 8. The van der Waals surface area contributed by atoms with Crippen LogP contribution in [0.3, 0.4) is 0 Å². The molecule has 0 amide bonds. The van der Waals surface area contributed by atoms with E-state index < -0.39 is 10.0 Å². The predicted octanol–water partition coefficient (Wildman–Crippen LogP) is 1.19. The molecule has 0 aliphatic rings. The number of hydrogen-bond acceptors (Lipinski definition) is 6. The first-order valence-electron chi connectivity index (χ1n) is 7.44. The van der Waals surface area contributed by atoms with Crippen LogP contribution in [0.2, 0.25) is 0 Å².